The molecule has 1 saturated carbocycles. The van der Waals surface area contributed by atoms with Gasteiger partial charge in [0, 0.05) is 44.9 Å². The van der Waals surface area contributed by atoms with Gasteiger partial charge < -0.3 is 20.7 Å². The van der Waals surface area contributed by atoms with Crippen LogP contribution in [-0.4, -0.2) is 39.8 Å². The number of guanidine groups is 1. The van der Waals surface area contributed by atoms with Crippen LogP contribution in [0.1, 0.15) is 30.4 Å². The summed E-state index contributed by atoms with van der Waals surface area (Å²) >= 11 is 0. The number of hydrogen-bond acceptors (Lipinski definition) is 3. The largest absolute Gasteiger partial charge is 0.383 e. The van der Waals surface area contributed by atoms with Gasteiger partial charge in [-0.25, -0.2) is 0 Å². The number of hydrogen-bond donors (Lipinski definition) is 3. The molecule has 6 heteroatoms. The Kier molecular flexibility index (Phi) is 9.73. The first kappa shape index (κ1) is 23.5. The van der Waals surface area contributed by atoms with Gasteiger partial charge in [-0.05, 0) is 36.1 Å². The molecule has 1 aliphatic rings. The van der Waals surface area contributed by atoms with Crippen LogP contribution >= 0.6 is 24.0 Å². The Morgan fingerprint density at radius 1 is 1.03 bits per heavy atom. The second-order valence-electron chi connectivity index (χ2n) is 7.40. The Morgan fingerprint density at radius 3 is 2.34 bits per heavy atom. The third kappa shape index (κ3) is 6.60. The van der Waals surface area contributed by atoms with Crippen LogP contribution in [-0.2, 0) is 16.7 Å². The summed E-state index contributed by atoms with van der Waals surface area (Å²) in [6, 6.07) is 19.3. The van der Waals surface area contributed by atoms with E-state index in [1.54, 1.807) is 7.11 Å². The Hall–Kier alpha value is -1.80. The van der Waals surface area contributed by atoms with Gasteiger partial charge in [-0.1, -0.05) is 48.9 Å². The molecular formula is C23H33IN4O. The normalized spacial score (nSPS) is 15.0. The van der Waals surface area contributed by atoms with E-state index in [0.717, 1.165) is 31.3 Å². The highest BCUT2D eigenvalue weighted by Crippen LogP contribution is 2.43. The second kappa shape index (κ2) is 12.0. The number of nitrogens with one attached hydrogen (secondary N) is 3. The number of halogens is 1. The first-order valence-corrected chi connectivity index (χ1v) is 10.1. The molecule has 2 aromatic carbocycles. The highest BCUT2D eigenvalue weighted by Gasteiger charge is 2.38. The molecule has 0 heterocycles. The van der Waals surface area contributed by atoms with Crippen LogP contribution in [0.25, 0.3) is 0 Å². The SMILES string of the molecule is CN=C(NCc1ccc(NCCOC)cc1)NCC1(c2ccccc2)CCC1.I. The lowest BCUT2D eigenvalue weighted by Gasteiger charge is -2.43. The van der Waals surface area contributed by atoms with E-state index in [-0.39, 0.29) is 29.4 Å². The van der Waals surface area contributed by atoms with E-state index >= 15 is 0 Å². The summed E-state index contributed by atoms with van der Waals surface area (Å²) in [4.78, 5) is 4.39. The molecule has 5 nitrogen and oxygen atoms in total. The van der Waals surface area contributed by atoms with Crippen molar-refractivity contribution in [3.05, 3.63) is 65.7 Å². The molecule has 0 unspecified atom stereocenters. The minimum absolute atomic E-state index is 0. The van der Waals surface area contributed by atoms with Gasteiger partial charge in [0.1, 0.15) is 0 Å². The number of aliphatic imine (C=N–C) groups is 1. The topological polar surface area (TPSA) is 57.7 Å². The fraction of sp³-hybridized carbons (Fsp3) is 0.435. The number of rotatable bonds is 9. The van der Waals surface area contributed by atoms with E-state index in [4.69, 9.17) is 4.74 Å². The molecule has 1 fully saturated rings. The van der Waals surface area contributed by atoms with Gasteiger partial charge >= 0.3 is 0 Å². The van der Waals surface area contributed by atoms with Gasteiger partial charge in [0.2, 0.25) is 0 Å². The van der Waals surface area contributed by atoms with E-state index in [1.165, 1.54) is 30.4 Å². The van der Waals surface area contributed by atoms with Gasteiger partial charge in [-0.3, -0.25) is 4.99 Å². The fourth-order valence-corrected chi connectivity index (χ4v) is 3.66. The summed E-state index contributed by atoms with van der Waals surface area (Å²) in [6.07, 6.45) is 3.77. The molecule has 0 atom stereocenters. The molecule has 0 amide bonds. The van der Waals surface area contributed by atoms with Gasteiger partial charge in [0.25, 0.3) is 0 Å². The smallest absolute Gasteiger partial charge is 0.191 e. The Bertz CT molecular complexity index is 745. The monoisotopic (exact) mass is 508 g/mol. The lowest BCUT2D eigenvalue weighted by atomic mass is 9.64. The molecule has 0 bridgehead atoms. The molecule has 158 valence electrons. The first-order valence-electron chi connectivity index (χ1n) is 10.1. The average Bonchev–Trinajstić information content (AvgIpc) is 2.71. The molecule has 0 spiro atoms. The van der Waals surface area contributed by atoms with E-state index in [1.807, 2.05) is 7.05 Å². The minimum atomic E-state index is 0. The molecule has 2 aromatic rings. The fourth-order valence-electron chi connectivity index (χ4n) is 3.66. The molecule has 3 N–H and O–H groups in total. The minimum Gasteiger partial charge on any atom is -0.383 e. The van der Waals surface area contributed by atoms with Crippen LogP contribution < -0.4 is 16.0 Å². The van der Waals surface area contributed by atoms with Crippen molar-refractivity contribution < 1.29 is 4.74 Å². The van der Waals surface area contributed by atoms with Crippen molar-refractivity contribution in [1.29, 1.82) is 0 Å². The number of anilines is 1. The Labute approximate surface area is 191 Å². The van der Waals surface area contributed by atoms with Crippen LogP contribution in [0.5, 0.6) is 0 Å². The van der Waals surface area contributed by atoms with Crippen LogP contribution in [0.2, 0.25) is 0 Å². The van der Waals surface area contributed by atoms with Crippen molar-refractivity contribution in [3.63, 3.8) is 0 Å². The standard InChI is InChI=1S/C23H32N4O.HI/c1-24-22(26-17-19-9-11-21(12-10-19)25-15-16-28-2)27-18-23(13-6-14-23)20-7-4-3-5-8-20;/h3-5,7-12,25H,6,13-18H2,1-2H3,(H2,24,26,27);1H. The van der Waals surface area contributed by atoms with Gasteiger partial charge in [0.15, 0.2) is 5.96 Å². The lowest BCUT2D eigenvalue weighted by Crippen LogP contribution is -2.48. The first-order chi connectivity index (χ1) is 13.8. The third-order valence-corrected chi connectivity index (χ3v) is 5.56. The number of methoxy groups -OCH3 is 1. The molecule has 0 aliphatic heterocycles. The molecule has 3 rings (SSSR count). The van der Waals surface area contributed by atoms with Gasteiger partial charge in [-0.2, -0.15) is 0 Å². The Balaban J connectivity index is 0.00000300. The maximum atomic E-state index is 5.06. The van der Waals surface area contributed by atoms with Crippen molar-refractivity contribution in [3.8, 4) is 0 Å². The summed E-state index contributed by atoms with van der Waals surface area (Å²) in [5.74, 6) is 0.851. The zero-order chi connectivity index (χ0) is 19.7. The highest BCUT2D eigenvalue weighted by molar-refractivity contribution is 14.0. The van der Waals surface area contributed by atoms with E-state index in [0.29, 0.717) is 6.61 Å². The molecule has 0 saturated heterocycles. The van der Waals surface area contributed by atoms with Crippen LogP contribution in [0.4, 0.5) is 5.69 Å². The maximum Gasteiger partial charge on any atom is 0.191 e. The summed E-state index contributed by atoms with van der Waals surface area (Å²) in [5, 5.41) is 10.3. The second-order valence-corrected chi connectivity index (χ2v) is 7.40. The van der Waals surface area contributed by atoms with Crippen LogP contribution in [0, 0.1) is 0 Å². The zero-order valence-corrected chi connectivity index (χ0v) is 19.7. The van der Waals surface area contributed by atoms with E-state index in [9.17, 15) is 0 Å². The predicted molar refractivity (Wildman–Crippen MR) is 132 cm³/mol. The quantitative estimate of drug-likeness (QED) is 0.206. The third-order valence-electron chi connectivity index (χ3n) is 5.56. The Morgan fingerprint density at radius 2 is 1.76 bits per heavy atom. The van der Waals surface area contributed by atoms with E-state index in [2.05, 4.69) is 75.5 Å². The summed E-state index contributed by atoms with van der Waals surface area (Å²) in [5.41, 5.74) is 4.01. The summed E-state index contributed by atoms with van der Waals surface area (Å²) in [7, 11) is 3.54. The number of benzene rings is 2. The van der Waals surface area contributed by atoms with Crippen molar-refractivity contribution in [2.24, 2.45) is 4.99 Å². The van der Waals surface area contributed by atoms with Crippen molar-refractivity contribution in [2.75, 3.05) is 39.2 Å². The maximum absolute atomic E-state index is 5.06. The average molecular weight is 508 g/mol. The van der Waals surface area contributed by atoms with Crippen LogP contribution in [0.15, 0.2) is 59.6 Å². The number of ether oxygens (including phenoxy) is 1. The van der Waals surface area contributed by atoms with Crippen LogP contribution in [0.3, 0.4) is 0 Å². The molecule has 0 radical (unpaired) electrons. The summed E-state index contributed by atoms with van der Waals surface area (Å²) in [6.45, 7) is 3.18. The van der Waals surface area contributed by atoms with Crippen molar-refractivity contribution >= 4 is 35.6 Å². The van der Waals surface area contributed by atoms with Crippen molar-refractivity contribution in [1.82, 2.24) is 10.6 Å². The molecule has 29 heavy (non-hydrogen) atoms. The number of nitrogens with zero attached hydrogens (tertiary/aromatic N) is 1. The van der Waals surface area contributed by atoms with Gasteiger partial charge in [-0.15, -0.1) is 24.0 Å². The molecule has 1 aliphatic carbocycles. The summed E-state index contributed by atoms with van der Waals surface area (Å²) < 4.78 is 5.06. The van der Waals surface area contributed by atoms with E-state index < -0.39 is 0 Å². The van der Waals surface area contributed by atoms with Gasteiger partial charge in [0.05, 0.1) is 6.61 Å². The molecule has 0 aromatic heterocycles. The zero-order valence-electron chi connectivity index (χ0n) is 17.4. The predicted octanol–water partition coefficient (Wildman–Crippen LogP) is 4.15. The highest BCUT2D eigenvalue weighted by atomic mass is 127. The van der Waals surface area contributed by atoms with Crippen molar-refractivity contribution in [2.45, 2.75) is 31.2 Å². The molecular weight excluding hydrogens is 475 g/mol. The lowest BCUT2D eigenvalue weighted by molar-refractivity contribution is 0.211.